The molecular weight excluding hydrogens is 553 g/mol. The highest BCUT2D eigenvalue weighted by Gasteiger charge is 2.44. The fourth-order valence-electron chi connectivity index (χ4n) is 4.39. The van der Waals surface area contributed by atoms with Gasteiger partial charge in [0.2, 0.25) is 0 Å². The molecule has 8 heteroatoms. The van der Waals surface area contributed by atoms with Gasteiger partial charge in [-0.05, 0) is 100 Å². The molecular formula is C33H41N2O4S2+. The SMILES string of the molecule is Cc1ccc(S(=O)(=O)[OH+]S(c2ccc(OC(C)(C)C)cc2)(c2cccc(N(C)C)c2)c2cccc(N(C)C)c2)cc1. The summed E-state index contributed by atoms with van der Waals surface area (Å²) in [5, 5.41) is 0. The van der Waals surface area contributed by atoms with E-state index >= 15 is 0 Å². The van der Waals surface area contributed by atoms with Gasteiger partial charge in [0.1, 0.15) is 16.2 Å². The lowest BCUT2D eigenvalue weighted by Gasteiger charge is -2.36. The second kappa shape index (κ2) is 11.8. The molecule has 4 rings (SSSR count). The Morgan fingerprint density at radius 3 is 1.54 bits per heavy atom. The van der Waals surface area contributed by atoms with Gasteiger partial charge < -0.3 is 14.5 Å². The zero-order valence-corrected chi connectivity index (χ0v) is 26.8. The lowest BCUT2D eigenvalue weighted by atomic mass is 10.2. The van der Waals surface area contributed by atoms with Crippen molar-refractivity contribution in [3.05, 3.63) is 103 Å². The van der Waals surface area contributed by atoms with Crippen molar-refractivity contribution in [2.75, 3.05) is 38.0 Å². The van der Waals surface area contributed by atoms with Crippen LogP contribution in [0.15, 0.2) is 117 Å². The average Bonchev–Trinajstić information content (AvgIpc) is 2.92. The number of hydrogen-bond acceptors (Lipinski definition) is 5. The number of ether oxygens (including phenoxy) is 1. The summed E-state index contributed by atoms with van der Waals surface area (Å²) in [4.78, 5) is 6.62. The summed E-state index contributed by atoms with van der Waals surface area (Å²) in [6.07, 6.45) is 0. The van der Waals surface area contributed by atoms with E-state index in [1.807, 2.05) is 138 Å². The molecule has 0 heterocycles. The van der Waals surface area contributed by atoms with Crippen LogP contribution in [0, 0.1) is 6.92 Å². The van der Waals surface area contributed by atoms with E-state index in [2.05, 4.69) is 0 Å². The predicted molar refractivity (Wildman–Crippen MR) is 172 cm³/mol. The predicted octanol–water partition coefficient (Wildman–Crippen LogP) is 7.98. The molecule has 0 atom stereocenters. The summed E-state index contributed by atoms with van der Waals surface area (Å²) in [7, 11) is 1.12. The Balaban J connectivity index is 2.05. The normalized spacial score (nSPS) is 12.6. The monoisotopic (exact) mass is 593 g/mol. The van der Waals surface area contributed by atoms with Gasteiger partial charge in [-0.15, -0.1) is 8.42 Å². The van der Waals surface area contributed by atoms with Crippen molar-refractivity contribution in [2.45, 2.75) is 52.9 Å². The van der Waals surface area contributed by atoms with E-state index in [1.54, 1.807) is 24.3 Å². The molecule has 0 fully saturated rings. The minimum absolute atomic E-state index is 0.167. The molecule has 0 aliphatic rings. The second-order valence-corrected chi connectivity index (χ2v) is 16.0. The summed E-state index contributed by atoms with van der Waals surface area (Å²) in [6.45, 7) is 7.93. The molecule has 4 aromatic rings. The highest BCUT2D eigenvalue weighted by atomic mass is 32.3. The number of aryl methyl sites for hydroxylation is 1. The Morgan fingerprint density at radius 2 is 1.10 bits per heavy atom. The Kier molecular flexibility index (Phi) is 8.78. The van der Waals surface area contributed by atoms with E-state index in [-0.39, 0.29) is 10.5 Å². The fourth-order valence-corrected chi connectivity index (χ4v) is 9.90. The van der Waals surface area contributed by atoms with Gasteiger partial charge in [0.05, 0.1) is 25.0 Å². The fraction of sp³-hybridized carbons (Fsp3) is 0.273. The van der Waals surface area contributed by atoms with Crippen LogP contribution in [0.3, 0.4) is 0 Å². The Bertz CT molecular complexity index is 1540. The standard InChI is InChI=1S/C33H40N2O4S2/c1-25-15-19-30(20-16-25)41(36,37)39-40(31-13-9-11-26(23-31)34(5)6,32-14-10-12-27(24-32)35(7)8)29-21-17-28(18-22-29)38-33(2,3)4/h9-24H,1-8H3/p+1. The molecule has 0 spiro atoms. The van der Waals surface area contributed by atoms with Crippen molar-refractivity contribution in [3.8, 4) is 5.75 Å². The van der Waals surface area contributed by atoms with Gasteiger partial charge >= 0.3 is 10.1 Å². The van der Waals surface area contributed by atoms with Crippen molar-refractivity contribution in [3.63, 3.8) is 0 Å². The van der Waals surface area contributed by atoms with Crippen LogP contribution >= 0.6 is 10.3 Å². The first-order chi connectivity index (χ1) is 19.2. The maximum absolute atomic E-state index is 14.2. The van der Waals surface area contributed by atoms with E-state index in [4.69, 9.17) is 8.37 Å². The average molecular weight is 594 g/mol. The summed E-state index contributed by atoms with van der Waals surface area (Å²) in [5.74, 6) is 0.708. The van der Waals surface area contributed by atoms with Crippen LogP contribution in [-0.4, -0.2) is 45.8 Å². The smallest absolute Gasteiger partial charge is 0.422 e. The van der Waals surface area contributed by atoms with Crippen LogP contribution in [-0.2, 0) is 10.1 Å². The molecule has 6 nitrogen and oxygen atoms in total. The number of hydrogen-bond donors (Lipinski definition) is 0. The first-order valence-electron chi connectivity index (χ1n) is 13.4. The highest BCUT2D eigenvalue weighted by Crippen LogP contribution is 2.69. The number of rotatable bonds is 9. The molecule has 4 aromatic carbocycles. The minimum atomic E-state index is -4.08. The maximum Gasteiger partial charge on any atom is 0.422 e. The van der Waals surface area contributed by atoms with Gasteiger partial charge in [-0.25, -0.2) is 0 Å². The van der Waals surface area contributed by atoms with Gasteiger partial charge in [-0.2, -0.15) is 0 Å². The molecule has 0 aliphatic heterocycles. The van der Waals surface area contributed by atoms with E-state index in [1.165, 1.54) is 0 Å². The van der Waals surface area contributed by atoms with Gasteiger partial charge in [-0.1, -0.05) is 29.8 Å². The van der Waals surface area contributed by atoms with Crippen LogP contribution in [0.2, 0.25) is 0 Å². The molecule has 0 aromatic heterocycles. The summed E-state index contributed by atoms with van der Waals surface area (Å²) < 4.78 is 39.4. The quantitative estimate of drug-likeness (QED) is 0.145. The van der Waals surface area contributed by atoms with E-state index in [9.17, 15) is 8.42 Å². The number of anilines is 2. The third-order valence-corrected chi connectivity index (χ3v) is 11.8. The van der Waals surface area contributed by atoms with Crippen molar-refractivity contribution >= 4 is 31.8 Å². The topological polar surface area (TPSA) is 62.7 Å². The molecule has 218 valence electrons. The van der Waals surface area contributed by atoms with Gasteiger partial charge in [-0.3, -0.25) is 3.63 Å². The molecule has 0 unspecified atom stereocenters. The van der Waals surface area contributed by atoms with Crippen LogP contribution in [0.4, 0.5) is 11.4 Å². The third kappa shape index (κ3) is 6.89. The van der Waals surface area contributed by atoms with Crippen molar-refractivity contribution in [1.29, 1.82) is 0 Å². The number of nitrogens with zero attached hydrogens (tertiary/aromatic N) is 2. The van der Waals surface area contributed by atoms with Crippen LogP contribution in [0.5, 0.6) is 5.75 Å². The zero-order chi connectivity index (χ0) is 30.0. The van der Waals surface area contributed by atoms with Crippen molar-refractivity contribution < 1.29 is 16.8 Å². The Morgan fingerprint density at radius 1 is 0.634 bits per heavy atom. The second-order valence-electron chi connectivity index (χ2n) is 11.4. The number of benzene rings is 4. The van der Waals surface area contributed by atoms with Crippen molar-refractivity contribution in [1.82, 2.24) is 0 Å². The zero-order valence-electron chi connectivity index (χ0n) is 25.1. The van der Waals surface area contributed by atoms with Crippen LogP contribution in [0.25, 0.3) is 0 Å². The molecule has 0 saturated heterocycles. The molecule has 1 N–H and O–H groups in total. The van der Waals surface area contributed by atoms with E-state index < -0.39 is 20.4 Å². The molecule has 0 radical (unpaired) electrons. The van der Waals surface area contributed by atoms with Gasteiger partial charge in [0.25, 0.3) is 0 Å². The first kappa shape index (κ1) is 30.5. The summed E-state index contributed by atoms with van der Waals surface area (Å²) in [6, 6.07) is 30.6. The van der Waals surface area contributed by atoms with E-state index in [0.717, 1.165) is 31.6 Å². The summed E-state index contributed by atoms with van der Waals surface area (Å²) in [5.41, 5.74) is 2.52. The van der Waals surface area contributed by atoms with Gasteiger partial charge in [0, 0.05) is 39.6 Å². The summed E-state index contributed by atoms with van der Waals surface area (Å²) >= 11 is 0. The Labute approximate surface area is 247 Å². The molecule has 0 amide bonds. The van der Waals surface area contributed by atoms with Crippen LogP contribution < -0.4 is 14.5 Å². The third-order valence-electron chi connectivity index (χ3n) is 6.47. The first-order valence-corrected chi connectivity index (χ1v) is 16.5. The lowest BCUT2D eigenvalue weighted by Crippen LogP contribution is -2.23. The molecule has 0 saturated carbocycles. The lowest BCUT2D eigenvalue weighted by molar-refractivity contribution is 0.131. The molecule has 41 heavy (non-hydrogen) atoms. The van der Waals surface area contributed by atoms with Crippen LogP contribution in [0.1, 0.15) is 26.3 Å². The van der Waals surface area contributed by atoms with Crippen molar-refractivity contribution in [2.24, 2.45) is 0 Å². The van der Waals surface area contributed by atoms with Gasteiger partial charge in [0.15, 0.2) is 0 Å². The Hall–Kier alpha value is -3.46. The minimum Gasteiger partial charge on any atom is -0.488 e. The van der Waals surface area contributed by atoms with E-state index in [0.29, 0.717) is 5.75 Å². The maximum atomic E-state index is 14.2. The largest absolute Gasteiger partial charge is 0.488 e. The highest BCUT2D eigenvalue weighted by molar-refractivity contribution is 8.32. The molecule has 0 bridgehead atoms. The molecule has 0 aliphatic carbocycles.